The van der Waals surface area contributed by atoms with Crippen LogP contribution in [0.3, 0.4) is 0 Å². The molecule has 2 heterocycles. The molecule has 1 N–H and O–H groups in total. The van der Waals surface area contributed by atoms with Gasteiger partial charge >= 0.3 is 0 Å². The molecule has 0 aliphatic rings. The van der Waals surface area contributed by atoms with Crippen LogP contribution in [0.2, 0.25) is 0 Å². The summed E-state index contributed by atoms with van der Waals surface area (Å²) in [6.07, 6.45) is 7.68. The molecule has 0 saturated carbocycles. The Morgan fingerprint density at radius 3 is 3.05 bits per heavy atom. The quantitative estimate of drug-likeness (QED) is 0.822. The monoisotopic (exact) mass is 257 g/mol. The van der Waals surface area contributed by atoms with Gasteiger partial charge in [0, 0.05) is 37.6 Å². The highest BCUT2D eigenvalue weighted by Crippen LogP contribution is 2.10. The van der Waals surface area contributed by atoms with Crippen LogP contribution in [-0.2, 0) is 13.5 Å². The standard InChI is InChI=1S/C14H15N3O2/c1-17-6-5-16-14(17)4-8-19-13-9-12(3-2-7-18)10-15-11-13/h5-6,9-11,18H,4,7-8H2,1H3. The van der Waals surface area contributed by atoms with Gasteiger partial charge in [0.1, 0.15) is 18.2 Å². The number of pyridine rings is 1. The Morgan fingerprint density at radius 1 is 1.42 bits per heavy atom. The molecule has 0 spiro atoms. The van der Waals surface area contributed by atoms with Gasteiger partial charge in [0.15, 0.2) is 0 Å². The molecule has 0 aliphatic heterocycles. The van der Waals surface area contributed by atoms with Crippen molar-refractivity contribution in [3.63, 3.8) is 0 Å². The number of aromatic nitrogens is 3. The number of rotatable bonds is 4. The molecule has 2 aromatic rings. The number of imidazole rings is 1. The molecule has 0 aromatic carbocycles. The van der Waals surface area contributed by atoms with E-state index in [1.165, 1.54) is 0 Å². The van der Waals surface area contributed by atoms with Crippen molar-refractivity contribution in [1.29, 1.82) is 0 Å². The molecule has 5 nitrogen and oxygen atoms in total. The average Bonchev–Trinajstić information content (AvgIpc) is 2.83. The number of aliphatic hydroxyl groups excluding tert-OH is 1. The van der Waals surface area contributed by atoms with Crippen LogP contribution in [0.15, 0.2) is 30.9 Å². The fraction of sp³-hybridized carbons (Fsp3) is 0.286. The summed E-state index contributed by atoms with van der Waals surface area (Å²) in [7, 11) is 1.95. The summed E-state index contributed by atoms with van der Waals surface area (Å²) in [5, 5.41) is 8.64. The molecule has 19 heavy (non-hydrogen) atoms. The first-order valence-electron chi connectivity index (χ1n) is 5.93. The zero-order valence-corrected chi connectivity index (χ0v) is 10.7. The maximum absolute atomic E-state index is 8.64. The Balaban J connectivity index is 1.91. The number of ether oxygens (including phenoxy) is 1. The second-order valence-electron chi connectivity index (χ2n) is 3.92. The summed E-state index contributed by atoms with van der Waals surface area (Å²) < 4.78 is 7.57. The second-order valence-corrected chi connectivity index (χ2v) is 3.92. The van der Waals surface area contributed by atoms with Gasteiger partial charge in [0.25, 0.3) is 0 Å². The summed E-state index contributed by atoms with van der Waals surface area (Å²) in [5.41, 5.74) is 0.726. The van der Waals surface area contributed by atoms with Gasteiger partial charge in [-0.05, 0) is 6.07 Å². The molecule has 0 saturated heterocycles. The van der Waals surface area contributed by atoms with Crippen LogP contribution in [0.25, 0.3) is 0 Å². The fourth-order valence-corrected chi connectivity index (χ4v) is 1.61. The molecule has 2 aromatic heterocycles. The Hall–Kier alpha value is -2.32. The number of aliphatic hydroxyl groups is 1. The molecule has 0 fully saturated rings. The Bertz CT molecular complexity index is 596. The highest BCUT2D eigenvalue weighted by Gasteiger charge is 2.00. The highest BCUT2D eigenvalue weighted by molar-refractivity contribution is 5.36. The summed E-state index contributed by atoms with van der Waals surface area (Å²) in [5.74, 6) is 7.01. The van der Waals surface area contributed by atoms with E-state index in [-0.39, 0.29) is 6.61 Å². The summed E-state index contributed by atoms with van der Waals surface area (Å²) >= 11 is 0. The predicted molar refractivity (Wildman–Crippen MR) is 70.6 cm³/mol. The number of hydrogen-bond donors (Lipinski definition) is 1. The number of aryl methyl sites for hydroxylation is 1. The Labute approximate surface area is 111 Å². The smallest absolute Gasteiger partial charge is 0.138 e. The van der Waals surface area contributed by atoms with Crippen molar-refractivity contribution in [2.45, 2.75) is 6.42 Å². The largest absolute Gasteiger partial charge is 0.491 e. The third-order valence-corrected chi connectivity index (χ3v) is 2.54. The summed E-state index contributed by atoms with van der Waals surface area (Å²) in [4.78, 5) is 8.26. The molecule has 0 unspecified atom stereocenters. The zero-order chi connectivity index (χ0) is 13.5. The normalized spacial score (nSPS) is 9.79. The third kappa shape index (κ3) is 3.83. The third-order valence-electron chi connectivity index (χ3n) is 2.54. The van der Waals surface area contributed by atoms with E-state index >= 15 is 0 Å². The van der Waals surface area contributed by atoms with Crippen LogP contribution >= 0.6 is 0 Å². The maximum Gasteiger partial charge on any atom is 0.138 e. The summed E-state index contributed by atoms with van der Waals surface area (Å²) in [6, 6.07) is 1.80. The van der Waals surface area contributed by atoms with Crippen molar-refractivity contribution in [3.05, 3.63) is 42.2 Å². The van der Waals surface area contributed by atoms with Crippen molar-refractivity contribution >= 4 is 0 Å². The molecule has 98 valence electrons. The minimum Gasteiger partial charge on any atom is -0.491 e. The van der Waals surface area contributed by atoms with Gasteiger partial charge in [0.05, 0.1) is 12.8 Å². The molecular weight excluding hydrogens is 242 g/mol. The first-order chi connectivity index (χ1) is 9.29. The van der Waals surface area contributed by atoms with Gasteiger partial charge in [-0.3, -0.25) is 4.98 Å². The molecular formula is C14H15N3O2. The van der Waals surface area contributed by atoms with Gasteiger partial charge in [-0.15, -0.1) is 0 Å². The van der Waals surface area contributed by atoms with E-state index in [4.69, 9.17) is 9.84 Å². The summed E-state index contributed by atoms with van der Waals surface area (Å²) in [6.45, 7) is 0.369. The first kappa shape index (κ1) is 13.1. The van der Waals surface area contributed by atoms with Crippen LogP contribution in [0, 0.1) is 11.8 Å². The lowest BCUT2D eigenvalue weighted by molar-refractivity contribution is 0.316. The minimum atomic E-state index is -0.162. The second kappa shape index (κ2) is 6.57. The van der Waals surface area contributed by atoms with E-state index in [1.807, 2.05) is 17.8 Å². The molecule has 5 heteroatoms. The zero-order valence-electron chi connectivity index (χ0n) is 10.7. The molecule has 0 radical (unpaired) electrons. The average molecular weight is 257 g/mol. The molecule has 0 bridgehead atoms. The lowest BCUT2D eigenvalue weighted by Crippen LogP contribution is -2.06. The molecule has 2 rings (SSSR count). The van der Waals surface area contributed by atoms with E-state index in [0.717, 1.165) is 17.8 Å². The van der Waals surface area contributed by atoms with E-state index < -0.39 is 0 Å². The van der Waals surface area contributed by atoms with Gasteiger partial charge in [-0.1, -0.05) is 11.8 Å². The predicted octanol–water partition coefficient (Wildman–Crippen LogP) is 0.780. The fourth-order valence-electron chi connectivity index (χ4n) is 1.61. The Kier molecular flexibility index (Phi) is 4.54. The van der Waals surface area contributed by atoms with Crippen molar-refractivity contribution in [2.75, 3.05) is 13.2 Å². The van der Waals surface area contributed by atoms with Crippen LogP contribution in [0.4, 0.5) is 0 Å². The van der Waals surface area contributed by atoms with Gasteiger partial charge < -0.3 is 14.4 Å². The first-order valence-corrected chi connectivity index (χ1v) is 5.93. The lowest BCUT2D eigenvalue weighted by atomic mass is 10.3. The Morgan fingerprint density at radius 2 is 2.32 bits per heavy atom. The lowest BCUT2D eigenvalue weighted by Gasteiger charge is -2.06. The van der Waals surface area contributed by atoms with E-state index in [0.29, 0.717) is 12.4 Å². The molecule has 0 atom stereocenters. The van der Waals surface area contributed by atoms with Crippen molar-refractivity contribution in [2.24, 2.45) is 7.05 Å². The SMILES string of the molecule is Cn1ccnc1CCOc1cncc(C#CCO)c1. The van der Waals surface area contributed by atoms with Crippen LogP contribution < -0.4 is 4.74 Å². The van der Waals surface area contributed by atoms with Gasteiger partial charge in [-0.2, -0.15) is 0 Å². The van der Waals surface area contributed by atoms with Crippen LogP contribution in [-0.4, -0.2) is 32.9 Å². The van der Waals surface area contributed by atoms with E-state index in [9.17, 15) is 0 Å². The molecule has 0 amide bonds. The van der Waals surface area contributed by atoms with Crippen molar-refractivity contribution in [3.8, 4) is 17.6 Å². The topological polar surface area (TPSA) is 60.2 Å². The minimum absolute atomic E-state index is 0.162. The number of hydrogen-bond acceptors (Lipinski definition) is 4. The van der Waals surface area contributed by atoms with Crippen molar-refractivity contribution < 1.29 is 9.84 Å². The van der Waals surface area contributed by atoms with Crippen LogP contribution in [0.5, 0.6) is 5.75 Å². The highest BCUT2D eigenvalue weighted by atomic mass is 16.5. The van der Waals surface area contributed by atoms with Gasteiger partial charge in [-0.25, -0.2) is 4.98 Å². The molecule has 0 aliphatic carbocycles. The van der Waals surface area contributed by atoms with E-state index in [1.54, 1.807) is 24.7 Å². The van der Waals surface area contributed by atoms with E-state index in [2.05, 4.69) is 21.8 Å². The number of nitrogens with zero attached hydrogens (tertiary/aromatic N) is 3. The van der Waals surface area contributed by atoms with Gasteiger partial charge in [0.2, 0.25) is 0 Å². The van der Waals surface area contributed by atoms with Crippen molar-refractivity contribution in [1.82, 2.24) is 14.5 Å². The van der Waals surface area contributed by atoms with Crippen LogP contribution in [0.1, 0.15) is 11.4 Å². The maximum atomic E-state index is 8.64.